The first-order chi connectivity index (χ1) is 8.74. The van der Waals surface area contributed by atoms with Gasteiger partial charge in [-0.3, -0.25) is 14.7 Å². The van der Waals surface area contributed by atoms with Crippen LogP contribution in [0.15, 0.2) is 18.3 Å². The zero-order valence-corrected chi connectivity index (χ0v) is 10.7. The number of ether oxygens (including phenoxy) is 1. The lowest BCUT2D eigenvalue weighted by Crippen LogP contribution is -2.38. The third kappa shape index (κ3) is 4.09. The number of aryl methyl sites for hydroxylation is 1. The lowest BCUT2D eigenvalue weighted by molar-refractivity contribution is -0.116. The van der Waals surface area contributed by atoms with Crippen molar-refractivity contribution in [1.29, 1.82) is 0 Å². The molecule has 0 atom stereocenters. The largest absolute Gasteiger partial charge is 0.379 e. The summed E-state index contributed by atoms with van der Waals surface area (Å²) in [6.45, 7) is 6.07. The van der Waals surface area contributed by atoms with E-state index < -0.39 is 0 Å². The quantitative estimate of drug-likeness (QED) is 0.866. The number of nitrogens with zero attached hydrogens (tertiary/aromatic N) is 2. The first-order valence-electron chi connectivity index (χ1n) is 6.26. The Bertz CT molecular complexity index is 386. The summed E-state index contributed by atoms with van der Waals surface area (Å²) in [6.07, 6.45) is 2.19. The van der Waals surface area contributed by atoms with Crippen LogP contribution >= 0.6 is 0 Å². The molecule has 1 aromatic rings. The molecule has 2 rings (SSSR count). The second kappa shape index (κ2) is 6.47. The third-order valence-corrected chi connectivity index (χ3v) is 2.95. The smallest absolute Gasteiger partial charge is 0.225 e. The first-order valence-corrected chi connectivity index (χ1v) is 6.26. The normalized spacial score (nSPS) is 16.5. The highest BCUT2D eigenvalue weighted by Crippen LogP contribution is 2.06. The molecule has 1 amide bonds. The van der Waals surface area contributed by atoms with E-state index in [2.05, 4.69) is 15.2 Å². The van der Waals surface area contributed by atoms with Crippen molar-refractivity contribution in [3.8, 4) is 0 Å². The van der Waals surface area contributed by atoms with Gasteiger partial charge in [0.05, 0.1) is 25.1 Å². The number of aromatic nitrogens is 1. The molecule has 0 spiro atoms. The van der Waals surface area contributed by atoms with E-state index in [0.717, 1.165) is 44.2 Å². The van der Waals surface area contributed by atoms with Crippen molar-refractivity contribution in [2.75, 3.05) is 38.2 Å². The number of nitrogens with one attached hydrogen (secondary N) is 1. The monoisotopic (exact) mass is 249 g/mol. The summed E-state index contributed by atoms with van der Waals surface area (Å²) in [7, 11) is 0. The number of anilines is 1. The highest BCUT2D eigenvalue weighted by atomic mass is 16.5. The predicted octanol–water partition coefficient (Wildman–Crippen LogP) is 1.05. The van der Waals surface area contributed by atoms with E-state index in [4.69, 9.17) is 4.74 Å². The van der Waals surface area contributed by atoms with E-state index in [0.29, 0.717) is 6.42 Å². The Morgan fingerprint density at radius 2 is 2.22 bits per heavy atom. The zero-order valence-electron chi connectivity index (χ0n) is 10.7. The molecule has 1 aromatic heterocycles. The summed E-state index contributed by atoms with van der Waals surface area (Å²) in [4.78, 5) is 18.1. The van der Waals surface area contributed by atoms with Crippen molar-refractivity contribution in [3.05, 3.63) is 24.0 Å². The Kier molecular flexibility index (Phi) is 4.66. The minimum Gasteiger partial charge on any atom is -0.379 e. The van der Waals surface area contributed by atoms with Gasteiger partial charge in [0.15, 0.2) is 0 Å². The van der Waals surface area contributed by atoms with Crippen LogP contribution in [-0.4, -0.2) is 48.6 Å². The summed E-state index contributed by atoms with van der Waals surface area (Å²) < 4.78 is 5.26. The van der Waals surface area contributed by atoms with Crippen LogP contribution in [0.1, 0.15) is 12.1 Å². The van der Waals surface area contributed by atoms with Gasteiger partial charge in [-0.2, -0.15) is 0 Å². The topological polar surface area (TPSA) is 54.5 Å². The standard InChI is InChI=1S/C13H19N3O2/c1-11-2-3-12(10-14-11)15-13(17)4-5-16-6-8-18-9-7-16/h2-3,10H,4-9H2,1H3,(H,15,17). The molecular weight excluding hydrogens is 230 g/mol. The van der Waals surface area contributed by atoms with Crippen LogP contribution in [0.5, 0.6) is 0 Å². The van der Waals surface area contributed by atoms with Gasteiger partial charge in [0, 0.05) is 31.7 Å². The minimum absolute atomic E-state index is 0.0344. The molecule has 18 heavy (non-hydrogen) atoms. The van der Waals surface area contributed by atoms with Gasteiger partial charge in [-0.25, -0.2) is 0 Å². The molecule has 0 unspecified atom stereocenters. The van der Waals surface area contributed by atoms with Crippen molar-refractivity contribution in [2.45, 2.75) is 13.3 Å². The van der Waals surface area contributed by atoms with E-state index >= 15 is 0 Å². The highest BCUT2D eigenvalue weighted by molar-refractivity contribution is 5.90. The molecule has 2 heterocycles. The van der Waals surface area contributed by atoms with Crippen molar-refractivity contribution in [2.24, 2.45) is 0 Å². The molecule has 1 N–H and O–H groups in total. The molecule has 0 aliphatic carbocycles. The Hall–Kier alpha value is -1.46. The Balaban J connectivity index is 1.73. The van der Waals surface area contributed by atoms with Crippen molar-refractivity contribution >= 4 is 11.6 Å². The second-order valence-electron chi connectivity index (χ2n) is 4.44. The first kappa shape index (κ1) is 13.0. The Morgan fingerprint density at radius 1 is 1.44 bits per heavy atom. The van der Waals surface area contributed by atoms with Crippen molar-refractivity contribution in [3.63, 3.8) is 0 Å². The summed E-state index contributed by atoms with van der Waals surface area (Å²) in [6, 6.07) is 3.76. The molecule has 98 valence electrons. The average Bonchev–Trinajstić information content (AvgIpc) is 2.40. The molecule has 0 saturated carbocycles. The molecule has 5 nitrogen and oxygen atoms in total. The van der Waals surface area contributed by atoms with Crippen LogP contribution in [0.3, 0.4) is 0 Å². The third-order valence-electron chi connectivity index (χ3n) is 2.95. The van der Waals surface area contributed by atoms with Crippen LogP contribution in [0.2, 0.25) is 0 Å². The molecular formula is C13H19N3O2. The molecule has 5 heteroatoms. The fourth-order valence-corrected chi connectivity index (χ4v) is 1.85. The van der Waals surface area contributed by atoms with Crippen LogP contribution in [0.4, 0.5) is 5.69 Å². The van der Waals surface area contributed by atoms with Gasteiger partial charge >= 0.3 is 0 Å². The molecule has 1 aliphatic heterocycles. The SMILES string of the molecule is Cc1ccc(NC(=O)CCN2CCOCC2)cn1. The number of pyridine rings is 1. The van der Waals surface area contributed by atoms with Crippen LogP contribution < -0.4 is 5.32 Å². The minimum atomic E-state index is 0.0344. The van der Waals surface area contributed by atoms with Gasteiger partial charge in [-0.1, -0.05) is 0 Å². The van der Waals surface area contributed by atoms with Crippen LogP contribution in [0.25, 0.3) is 0 Å². The molecule has 0 bridgehead atoms. The van der Waals surface area contributed by atoms with E-state index in [9.17, 15) is 4.79 Å². The van der Waals surface area contributed by atoms with E-state index in [-0.39, 0.29) is 5.91 Å². The van der Waals surface area contributed by atoms with Crippen LogP contribution in [0, 0.1) is 6.92 Å². The molecule has 0 radical (unpaired) electrons. The van der Waals surface area contributed by atoms with Gasteiger partial charge in [0.2, 0.25) is 5.91 Å². The summed E-state index contributed by atoms with van der Waals surface area (Å²) >= 11 is 0. The van der Waals surface area contributed by atoms with Crippen molar-refractivity contribution < 1.29 is 9.53 Å². The van der Waals surface area contributed by atoms with Gasteiger partial charge in [-0.05, 0) is 19.1 Å². The van der Waals surface area contributed by atoms with Gasteiger partial charge in [0.25, 0.3) is 0 Å². The van der Waals surface area contributed by atoms with Gasteiger partial charge in [0.1, 0.15) is 0 Å². The van der Waals surface area contributed by atoms with Crippen LogP contribution in [-0.2, 0) is 9.53 Å². The number of carbonyl (C=O) groups excluding carboxylic acids is 1. The lowest BCUT2D eigenvalue weighted by atomic mass is 10.3. The maximum atomic E-state index is 11.7. The van der Waals surface area contributed by atoms with E-state index in [1.807, 2.05) is 19.1 Å². The zero-order chi connectivity index (χ0) is 12.8. The van der Waals surface area contributed by atoms with Crippen molar-refractivity contribution in [1.82, 2.24) is 9.88 Å². The molecule has 0 aromatic carbocycles. The maximum Gasteiger partial charge on any atom is 0.225 e. The second-order valence-corrected chi connectivity index (χ2v) is 4.44. The number of rotatable bonds is 4. The molecule has 1 aliphatic rings. The summed E-state index contributed by atoms with van der Waals surface area (Å²) in [5.74, 6) is 0.0344. The van der Waals surface area contributed by atoms with Gasteiger partial charge in [-0.15, -0.1) is 0 Å². The number of amides is 1. The summed E-state index contributed by atoms with van der Waals surface area (Å²) in [5.41, 5.74) is 1.70. The number of morpholine rings is 1. The maximum absolute atomic E-state index is 11.7. The Labute approximate surface area is 107 Å². The highest BCUT2D eigenvalue weighted by Gasteiger charge is 2.11. The molecule has 1 saturated heterocycles. The Morgan fingerprint density at radius 3 is 2.89 bits per heavy atom. The van der Waals surface area contributed by atoms with E-state index in [1.165, 1.54) is 0 Å². The molecule has 1 fully saturated rings. The fourth-order valence-electron chi connectivity index (χ4n) is 1.85. The van der Waals surface area contributed by atoms with E-state index in [1.54, 1.807) is 6.20 Å². The number of hydrogen-bond acceptors (Lipinski definition) is 4. The fraction of sp³-hybridized carbons (Fsp3) is 0.538. The predicted molar refractivity (Wildman–Crippen MR) is 69.5 cm³/mol. The lowest BCUT2D eigenvalue weighted by Gasteiger charge is -2.26. The van der Waals surface area contributed by atoms with Gasteiger partial charge < -0.3 is 10.1 Å². The number of hydrogen-bond donors (Lipinski definition) is 1. The number of carbonyl (C=O) groups is 1. The summed E-state index contributed by atoms with van der Waals surface area (Å²) in [5, 5.41) is 2.85. The average molecular weight is 249 g/mol.